The lowest BCUT2D eigenvalue weighted by Crippen LogP contribution is -2.02. The summed E-state index contributed by atoms with van der Waals surface area (Å²) in [6.45, 7) is 0. The van der Waals surface area contributed by atoms with Crippen LogP contribution in [0.1, 0.15) is 0 Å². The van der Waals surface area contributed by atoms with Gasteiger partial charge in [0, 0.05) is 43.3 Å². The summed E-state index contributed by atoms with van der Waals surface area (Å²) in [5.41, 5.74) is 8.19. The Morgan fingerprint density at radius 2 is 1.16 bits per heavy atom. The monoisotopic (exact) mass is 624 g/mol. The van der Waals surface area contributed by atoms with E-state index in [9.17, 15) is 0 Å². The molecular weight excluding hydrogens is 601 g/mol. The first-order valence-corrected chi connectivity index (χ1v) is 16.6. The van der Waals surface area contributed by atoms with Gasteiger partial charge in [0.25, 0.3) is 0 Å². The Kier molecular flexibility index (Phi) is 4.66. The standard InChI is InChI=1S/C44H24N4O/c1-2-13-26(14-3-1)42-45-43(39-30-18-8-11-21-36(30)49-44(39)46-42)48-33-19-9-6-16-28(33)31-24-32-37-27-15-5-4-12-25(27)22-23-35(37)47-34-20-10-7-17-29(34)38(40(31)48)41(32)47/h1-24H. The molecule has 226 valence electrons. The molecule has 7 aromatic carbocycles. The van der Waals surface area contributed by atoms with Crippen LogP contribution in [-0.2, 0) is 0 Å². The molecule has 0 aliphatic heterocycles. The van der Waals surface area contributed by atoms with Gasteiger partial charge in [-0.3, -0.25) is 4.57 Å². The zero-order chi connectivity index (χ0) is 31.8. The van der Waals surface area contributed by atoms with E-state index in [2.05, 4.69) is 124 Å². The van der Waals surface area contributed by atoms with Crippen LogP contribution < -0.4 is 0 Å². The van der Waals surface area contributed by atoms with Gasteiger partial charge in [-0.1, -0.05) is 115 Å². The van der Waals surface area contributed by atoms with E-state index in [4.69, 9.17) is 14.4 Å². The highest BCUT2D eigenvalue weighted by molar-refractivity contribution is 6.36. The summed E-state index contributed by atoms with van der Waals surface area (Å²) in [4.78, 5) is 10.4. The number of para-hydroxylation sites is 3. The zero-order valence-electron chi connectivity index (χ0n) is 26.1. The molecule has 0 saturated heterocycles. The van der Waals surface area contributed by atoms with Crippen molar-refractivity contribution in [1.29, 1.82) is 0 Å². The molecule has 0 aliphatic carbocycles. The Hall–Kier alpha value is -6.72. The molecule has 49 heavy (non-hydrogen) atoms. The van der Waals surface area contributed by atoms with E-state index in [0.717, 1.165) is 38.8 Å². The average Bonchev–Trinajstić information content (AvgIpc) is 3.90. The van der Waals surface area contributed by atoms with Gasteiger partial charge in [-0.2, -0.15) is 4.98 Å². The van der Waals surface area contributed by atoms with Gasteiger partial charge in [0.05, 0.1) is 33.0 Å². The van der Waals surface area contributed by atoms with E-state index in [0.29, 0.717) is 11.5 Å². The van der Waals surface area contributed by atoms with Crippen molar-refractivity contribution < 1.29 is 4.42 Å². The highest BCUT2D eigenvalue weighted by Gasteiger charge is 2.27. The molecule has 0 spiro atoms. The number of benzene rings is 7. The minimum absolute atomic E-state index is 0.578. The van der Waals surface area contributed by atoms with Crippen LogP contribution in [0.5, 0.6) is 0 Å². The second-order valence-electron chi connectivity index (χ2n) is 12.9. The van der Waals surface area contributed by atoms with Crippen molar-refractivity contribution >= 4 is 92.7 Å². The molecule has 0 amide bonds. The van der Waals surface area contributed by atoms with Crippen LogP contribution in [0.15, 0.2) is 150 Å². The van der Waals surface area contributed by atoms with Crippen LogP contribution >= 0.6 is 0 Å². The van der Waals surface area contributed by atoms with Gasteiger partial charge in [-0.05, 0) is 41.1 Å². The summed E-state index contributed by atoms with van der Waals surface area (Å²) in [6.07, 6.45) is 0. The van der Waals surface area contributed by atoms with E-state index in [1.807, 2.05) is 30.3 Å². The number of hydrogen-bond acceptors (Lipinski definition) is 3. The van der Waals surface area contributed by atoms with Crippen LogP contribution in [0, 0.1) is 0 Å². The molecule has 5 heterocycles. The SMILES string of the molecule is c1ccc(-c2nc(-n3c4ccccc4c4cc5c6c7ccccc7ccc6n6c7ccccc7c(c43)c56)c3c(n2)oc2ccccc23)cc1. The summed E-state index contributed by atoms with van der Waals surface area (Å²) in [7, 11) is 0. The summed E-state index contributed by atoms with van der Waals surface area (Å²) in [5.74, 6) is 1.44. The third-order valence-corrected chi connectivity index (χ3v) is 10.4. The summed E-state index contributed by atoms with van der Waals surface area (Å²) in [5, 5.41) is 11.8. The summed E-state index contributed by atoms with van der Waals surface area (Å²) >= 11 is 0. The van der Waals surface area contributed by atoms with Crippen LogP contribution in [-0.4, -0.2) is 18.9 Å². The van der Waals surface area contributed by atoms with Gasteiger partial charge >= 0.3 is 0 Å². The molecule has 0 bridgehead atoms. The quantitative estimate of drug-likeness (QED) is 0.192. The van der Waals surface area contributed by atoms with Gasteiger partial charge in [0.2, 0.25) is 5.71 Å². The van der Waals surface area contributed by atoms with Crippen molar-refractivity contribution in [3.05, 3.63) is 146 Å². The minimum atomic E-state index is 0.578. The maximum Gasteiger partial charge on any atom is 0.233 e. The molecule has 12 aromatic rings. The second-order valence-corrected chi connectivity index (χ2v) is 12.9. The number of fused-ring (bicyclic) bond motifs is 15. The molecule has 0 unspecified atom stereocenters. The van der Waals surface area contributed by atoms with Crippen LogP contribution in [0.3, 0.4) is 0 Å². The molecule has 5 aromatic heterocycles. The fourth-order valence-corrected chi connectivity index (χ4v) is 8.48. The number of nitrogens with zero attached hydrogens (tertiary/aromatic N) is 4. The van der Waals surface area contributed by atoms with E-state index in [1.54, 1.807) is 0 Å². The molecular formula is C44H24N4O. The Morgan fingerprint density at radius 1 is 0.449 bits per heavy atom. The predicted molar refractivity (Wildman–Crippen MR) is 201 cm³/mol. The zero-order valence-corrected chi connectivity index (χ0v) is 26.1. The van der Waals surface area contributed by atoms with Gasteiger partial charge in [-0.25, -0.2) is 4.98 Å². The Balaban J connectivity index is 1.37. The smallest absolute Gasteiger partial charge is 0.233 e. The van der Waals surface area contributed by atoms with Gasteiger partial charge in [0.1, 0.15) is 5.58 Å². The van der Waals surface area contributed by atoms with Gasteiger partial charge in [0.15, 0.2) is 11.6 Å². The predicted octanol–water partition coefficient (Wildman–Crippen LogP) is 11.4. The average molecular weight is 625 g/mol. The third-order valence-electron chi connectivity index (χ3n) is 10.4. The molecule has 0 saturated carbocycles. The number of rotatable bonds is 2. The largest absolute Gasteiger partial charge is 0.437 e. The van der Waals surface area contributed by atoms with Crippen molar-refractivity contribution in [2.45, 2.75) is 0 Å². The second kappa shape index (κ2) is 9.00. The molecule has 0 aliphatic rings. The van der Waals surface area contributed by atoms with Crippen molar-refractivity contribution in [1.82, 2.24) is 18.9 Å². The van der Waals surface area contributed by atoms with Crippen LogP contribution in [0.25, 0.3) is 110 Å². The molecule has 0 N–H and O–H groups in total. The maximum atomic E-state index is 6.48. The molecule has 0 fully saturated rings. The summed E-state index contributed by atoms with van der Waals surface area (Å²) < 4.78 is 11.3. The first-order chi connectivity index (χ1) is 24.3. The highest BCUT2D eigenvalue weighted by atomic mass is 16.3. The number of aromatic nitrogens is 4. The molecule has 5 nitrogen and oxygen atoms in total. The van der Waals surface area contributed by atoms with E-state index >= 15 is 0 Å². The lowest BCUT2D eigenvalue weighted by atomic mass is 10.00. The van der Waals surface area contributed by atoms with E-state index in [1.165, 1.54) is 59.6 Å². The lowest BCUT2D eigenvalue weighted by Gasteiger charge is -2.11. The van der Waals surface area contributed by atoms with E-state index < -0.39 is 0 Å². The Morgan fingerprint density at radius 3 is 2.04 bits per heavy atom. The molecule has 0 radical (unpaired) electrons. The molecule has 12 rings (SSSR count). The Bertz CT molecular complexity index is 3330. The Labute approximate surface area is 278 Å². The first-order valence-electron chi connectivity index (χ1n) is 16.6. The van der Waals surface area contributed by atoms with Crippen molar-refractivity contribution in [2.24, 2.45) is 0 Å². The van der Waals surface area contributed by atoms with Gasteiger partial charge in [-0.15, -0.1) is 0 Å². The van der Waals surface area contributed by atoms with Crippen LogP contribution in [0.2, 0.25) is 0 Å². The first kappa shape index (κ1) is 25.4. The topological polar surface area (TPSA) is 48.3 Å². The third kappa shape index (κ3) is 3.15. The van der Waals surface area contributed by atoms with Crippen molar-refractivity contribution in [3.63, 3.8) is 0 Å². The fourth-order valence-electron chi connectivity index (χ4n) is 8.48. The minimum Gasteiger partial charge on any atom is -0.437 e. The lowest BCUT2D eigenvalue weighted by molar-refractivity contribution is 0.653. The number of hydrogen-bond donors (Lipinski definition) is 0. The number of furan rings is 1. The fraction of sp³-hybridized carbons (Fsp3) is 0. The van der Waals surface area contributed by atoms with E-state index in [-0.39, 0.29) is 0 Å². The van der Waals surface area contributed by atoms with Gasteiger partial charge < -0.3 is 8.82 Å². The molecule has 0 atom stereocenters. The van der Waals surface area contributed by atoms with Crippen molar-refractivity contribution in [3.8, 4) is 17.2 Å². The summed E-state index contributed by atoms with van der Waals surface area (Å²) in [6, 6.07) is 51.6. The normalized spacial score (nSPS) is 12.5. The van der Waals surface area contributed by atoms with Crippen molar-refractivity contribution in [2.75, 3.05) is 0 Å². The van der Waals surface area contributed by atoms with Crippen LogP contribution in [0.4, 0.5) is 0 Å². The highest BCUT2D eigenvalue weighted by Crippen LogP contribution is 2.48. The molecule has 5 heteroatoms. The maximum absolute atomic E-state index is 6.48.